The molecule has 0 fully saturated rings. The van der Waals surface area contributed by atoms with Gasteiger partial charge in [-0.2, -0.15) is 0 Å². The average molecular weight is 271 g/mol. The molecule has 0 saturated heterocycles. The van der Waals surface area contributed by atoms with Crippen LogP contribution in [-0.4, -0.2) is 20.1 Å². The van der Waals surface area contributed by atoms with Gasteiger partial charge < -0.3 is 5.11 Å². The van der Waals surface area contributed by atoms with Crippen LogP contribution in [0.15, 0.2) is 29.2 Å². The van der Waals surface area contributed by atoms with Gasteiger partial charge in [-0.05, 0) is 31.0 Å². The van der Waals surface area contributed by atoms with Crippen LogP contribution in [0.5, 0.6) is 0 Å². The van der Waals surface area contributed by atoms with Gasteiger partial charge in [0.25, 0.3) is 0 Å². The Morgan fingerprint density at radius 1 is 1.22 bits per heavy atom. The van der Waals surface area contributed by atoms with Gasteiger partial charge in [0.1, 0.15) is 0 Å². The maximum atomic E-state index is 11.9. The summed E-state index contributed by atoms with van der Waals surface area (Å²) in [6.07, 6.45) is 2.34. The van der Waals surface area contributed by atoms with Crippen molar-refractivity contribution < 1.29 is 13.5 Å². The van der Waals surface area contributed by atoms with Gasteiger partial charge in [-0.15, -0.1) is 0 Å². The summed E-state index contributed by atoms with van der Waals surface area (Å²) in [6.45, 7) is 4.18. The molecule has 0 aliphatic rings. The minimum atomic E-state index is -3.41. The smallest absolute Gasteiger partial charge is 0.240 e. The number of hydrogen-bond acceptors (Lipinski definition) is 3. The standard InChI is InChI=1S/C13H21NO3S/c1-3-4-5-10-14-18(16,17)13-8-6-12(7-9-13)11(2)15/h6-9,11,14-15H,3-5,10H2,1-2H3. The molecule has 1 rings (SSSR count). The topological polar surface area (TPSA) is 66.4 Å². The Morgan fingerprint density at radius 2 is 1.83 bits per heavy atom. The normalized spacial score (nSPS) is 13.5. The first-order valence-corrected chi connectivity index (χ1v) is 7.73. The first-order chi connectivity index (χ1) is 8.47. The zero-order chi connectivity index (χ0) is 13.6. The summed E-state index contributed by atoms with van der Waals surface area (Å²) in [4.78, 5) is 0.239. The second-order valence-corrected chi connectivity index (χ2v) is 6.12. The SMILES string of the molecule is CCCCCNS(=O)(=O)c1ccc(C(C)O)cc1. The number of benzene rings is 1. The summed E-state index contributed by atoms with van der Waals surface area (Å²) in [5.74, 6) is 0. The lowest BCUT2D eigenvalue weighted by Gasteiger charge is -2.08. The number of unbranched alkanes of at least 4 members (excludes halogenated alkanes) is 2. The lowest BCUT2D eigenvalue weighted by Crippen LogP contribution is -2.24. The van der Waals surface area contributed by atoms with Crippen LogP contribution in [0.4, 0.5) is 0 Å². The number of aliphatic hydroxyl groups excluding tert-OH is 1. The Morgan fingerprint density at radius 3 is 2.33 bits per heavy atom. The monoisotopic (exact) mass is 271 g/mol. The molecule has 0 amide bonds. The number of nitrogens with one attached hydrogen (secondary N) is 1. The van der Waals surface area contributed by atoms with Gasteiger partial charge in [-0.3, -0.25) is 0 Å². The maximum Gasteiger partial charge on any atom is 0.240 e. The molecule has 0 spiro atoms. The van der Waals surface area contributed by atoms with Gasteiger partial charge in [0.15, 0.2) is 0 Å². The fourth-order valence-electron chi connectivity index (χ4n) is 1.59. The van der Waals surface area contributed by atoms with Crippen molar-refractivity contribution in [3.05, 3.63) is 29.8 Å². The molecule has 1 atom stereocenters. The molecule has 102 valence electrons. The van der Waals surface area contributed by atoms with Gasteiger partial charge in [-0.25, -0.2) is 13.1 Å². The summed E-state index contributed by atoms with van der Waals surface area (Å²) >= 11 is 0. The third-order valence-electron chi connectivity index (χ3n) is 2.75. The third kappa shape index (κ3) is 4.40. The van der Waals surface area contributed by atoms with Crippen LogP contribution in [0, 0.1) is 0 Å². The zero-order valence-corrected chi connectivity index (χ0v) is 11.7. The lowest BCUT2D eigenvalue weighted by molar-refractivity contribution is 0.199. The van der Waals surface area contributed by atoms with Crippen LogP contribution in [0.25, 0.3) is 0 Å². The molecule has 0 saturated carbocycles. The second-order valence-electron chi connectivity index (χ2n) is 4.35. The molecule has 5 heteroatoms. The first kappa shape index (κ1) is 15.1. The molecule has 1 aromatic rings. The molecule has 0 bridgehead atoms. The molecule has 0 aliphatic heterocycles. The number of rotatable bonds is 7. The van der Waals surface area contributed by atoms with Gasteiger partial charge in [0.05, 0.1) is 11.0 Å². The van der Waals surface area contributed by atoms with Crippen molar-refractivity contribution in [2.24, 2.45) is 0 Å². The summed E-state index contributed by atoms with van der Waals surface area (Å²) in [5, 5.41) is 9.35. The van der Waals surface area contributed by atoms with Crippen molar-refractivity contribution in [1.29, 1.82) is 0 Å². The second kappa shape index (κ2) is 6.87. The van der Waals surface area contributed by atoms with E-state index in [1.807, 2.05) is 0 Å². The van der Waals surface area contributed by atoms with Crippen LogP contribution in [-0.2, 0) is 10.0 Å². The zero-order valence-electron chi connectivity index (χ0n) is 10.9. The van der Waals surface area contributed by atoms with E-state index in [1.54, 1.807) is 19.1 Å². The van der Waals surface area contributed by atoms with Crippen molar-refractivity contribution in [2.45, 2.75) is 44.1 Å². The molecule has 2 N–H and O–H groups in total. The van der Waals surface area contributed by atoms with Crippen molar-refractivity contribution in [2.75, 3.05) is 6.54 Å². The molecule has 1 aromatic carbocycles. The van der Waals surface area contributed by atoms with E-state index in [9.17, 15) is 13.5 Å². The van der Waals surface area contributed by atoms with E-state index in [2.05, 4.69) is 11.6 Å². The number of aliphatic hydroxyl groups is 1. The minimum absolute atomic E-state index is 0.239. The highest BCUT2D eigenvalue weighted by atomic mass is 32.2. The molecule has 0 aromatic heterocycles. The highest BCUT2D eigenvalue weighted by Crippen LogP contribution is 2.15. The summed E-state index contributed by atoms with van der Waals surface area (Å²) in [6, 6.07) is 6.30. The Balaban J connectivity index is 2.67. The molecule has 0 aliphatic carbocycles. The minimum Gasteiger partial charge on any atom is -0.389 e. The molecular formula is C13H21NO3S. The fourth-order valence-corrected chi connectivity index (χ4v) is 2.66. The van der Waals surface area contributed by atoms with Crippen molar-refractivity contribution in [1.82, 2.24) is 4.72 Å². The highest BCUT2D eigenvalue weighted by molar-refractivity contribution is 7.89. The van der Waals surface area contributed by atoms with E-state index in [0.29, 0.717) is 12.1 Å². The molecule has 0 heterocycles. The largest absolute Gasteiger partial charge is 0.389 e. The first-order valence-electron chi connectivity index (χ1n) is 6.25. The third-order valence-corrected chi connectivity index (χ3v) is 4.22. The Bertz CT molecular complexity index is 452. The summed E-state index contributed by atoms with van der Waals surface area (Å²) < 4.78 is 26.4. The van der Waals surface area contributed by atoms with Crippen molar-refractivity contribution in [3.63, 3.8) is 0 Å². The predicted molar refractivity (Wildman–Crippen MR) is 71.8 cm³/mol. The molecule has 18 heavy (non-hydrogen) atoms. The summed E-state index contributed by atoms with van der Waals surface area (Å²) in [5.41, 5.74) is 0.708. The number of sulfonamides is 1. The van der Waals surface area contributed by atoms with E-state index in [-0.39, 0.29) is 4.90 Å². The fraction of sp³-hybridized carbons (Fsp3) is 0.538. The van der Waals surface area contributed by atoms with E-state index in [4.69, 9.17) is 0 Å². The quantitative estimate of drug-likeness (QED) is 0.747. The summed E-state index contributed by atoms with van der Waals surface area (Å²) in [7, 11) is -3.41. The van der Waals surface area contributed by atoms with Gasteiger partial charge in [0.2, 0.25) is 10.0 Å². The van der Waals surface area contributed by atoms with Crippen LogP contribution in [0.2, 0.25) is 0 Å². The average Bonchev–Trinajstić information content (AvgIpc) is 2.35. The Kier molecular flexibility index (Phi) is 5.78. The molecule has 4 nitrogen and oxygen atoms in total. The molecular weight excluding hydrogens is 250 g/mol. The Labute approximate surface area is 109 Å². The van der Waals surface area contributed by atoms with E-state index in [0.717, 1.165) is 19.3 Å². The van der Waals surface area contributed by atoms with Crippen molar-refractivity contribution >= 4 is 10.0 Å². The van der Waals surface area contributed by atoms with E-state index < -0.39 is 16.1 Å². The van der Waals surface area contributed by atoms with Crippen LogP contribution >= 0.6 is 0 Å². The van der Waals surface area contributed by atoms with Crippen molar-refractivity contribution in [3.8, 4) is 0 Å². The highest BCUT2D eigenvalue weighted by Gasteiger charge is 2.13. The van der Waals surface area contributed by atoms with Gasteiger partial charge >= 0.3 is 0 Å². The van der Waals surface area contributed by atoms with Gasteiger partial charge in [0, 0.05) is 6.54 Å². The van der Waals surface area contributed by atoms with Crippen LogP contribution < -0.4 is 4.72 Å². The van der Waals surface area contributed by atoms with Crippen LogP contribution in [0.1, 0.15) is 44.8 Å². The Hall–Kier alpha value is -0.910. The molecule has 0 radical (unpaired) electrons. The van der Waals surface area contributed by atoms with Crippen LogP contribution in [0.3, 0.4) is 0 Å². The van der Waals surface area contributed by atoms with E-state index in [1.165, 1.54) is 12.1 Å². The lowest BCUT2D eigenvalue weighted by atomic mass is 10.1. The molecule has 1 unspecified atom stereocenters. The van der Waals surface area contributed by atoms with E-state index >= 15 is 0 Å². The predicted octanol–water partition coefficient (Wildman–Crippen LogP) is 2.21. The van der Waals surface area contributed by atoms with Gasteiger partial charge in [-0.1, -0.05) is 31.9 Å². The maximum absolute atomic E-state index is 11.9. The number of hydrogen-bond donors (Lipinski definition) is 2.